The molecule has 0 saturated carbocycles. The maximum absolute atomic E-state index is 5.01. The van der Waals surface area contributed by atoms with Gasteiger partial charge in [-0.15, -0.1) is 11.8 Å². The van der Waals surface area contributed by atoms with Gasteiger partial charge >= 0.3 is 0 Å². The van der Waals surface area contributed by atoms with E-state index in [2.05, 4.69) is 36.4 Å². The van der Waals surface area contributed by atoms with Gasteiger partial charge in [0.1, 0.15) is 0 Å². The summed E-state index contributed by atoms with van der Waals surface area (Å²) in [5.74, 6) is 1.71. The second kappa shape index (κ2) is 5.25. The van der Waals surface area contributed by atoms with Crippen molar-refractivity contribution in [3.05, 3.63) is 58.1 Å². The smallest absolute Gasteiger partial charge is 0.0511 e. The third-order valence-electron chi connectivity index (χ3n) is 4.39. The molecule has 0 radical (unpaired) electrons. The Morgan fingerprint density at radius 1 is 1.05 bits per heavy atom. The number of fused-ring (bicyclic) bond motifs is 1. The van der Waals surface area contributed by atoms with Crippen molar-refractivity contribution in [3.63, 3.8) is 0 Å². The minimum Gasteiger partial charge on any atom is -0.257 e. The van der Waals surface area contributed by atoms with E-state index in [1.54, 1.807) is 0 Å². The highest BCUT2D eigenvalue weighted by Crippen LogP contribution is 2.48. The molecule has 2 heteroatoms. The van der Waals surface area contributed by atoms with Crippen LogP contribution < -0.4 is 0 Å². The highest BCUT2D eigenvalue weighted by Gasteiger charge is 2.33. The maximum atomic E-state index is 5.01. The number of rotatable bonds is 1. The largest absolute Gasteiger partial charge is 0.257 e. The van der Waals surface area contributed by atoms with Crippen LogP contribution in [0, 0.1) is 0 Å². The fourth-order valence-corrected chi connectivity index (χ4v) is 4.72. The molecular weight excluding hydrogens is 262 g/mol. The van der Waals surface area contributed by atoms with Gasteiger partial charge in [0.2, 0.25) is 0 Å². The summed E-state index contributed by atoms with van der Waals surface area (Å²) < 4.78 is 0. The van der Waals surface area contributed by atoms with Gasteiger partial charge in [-0.3, -0.25) is 4.99 Å². The molecule has 1 aromatic carbocycles. The minimum absolute atomic E-state index is 0.462. The van der Waals surface area contributed by atoms with Gasteiger partial charge in [0.25, 0.3) is 0 Å². The summed E-state index contributed by atoms with van der Waals surface area (Å²) in [4.78, 5) is 6.54. The topological polar surface area (TPSA) is 12.4 Å². The standard InChI is InChI=1S/C18H19NS/c1-2-7-13(8-3-1)17-14-9-4-5-10-15(14)19-16-11-6-12-20-18(16)17/h1-3,7-9,17H,4-6,10-12H2. The highest BCUT2D eigenvalue weighted by atomic mass is 32.2. The van der Waals surface area contributed by atoms with Crippen molar-refractivity contribution in [2.75, 3.05) is 5.75 Å². The van der Waals surface area contributed by atoms with Crippen molar-refractivity contribution in [2.24, 2.45) is 4.99 Å². The third-order valence-corrected chi connectivity index (χ3v) is 5.67. The Morgan fingerprint density at radius 2 is 1.95 bits per heavy atom. The minimum atomic E-state index is 0.462. The monoisotopic (exact) mass is 281 g/mol. The molecule has 0 fully saturated rings. The highest BCUT2D eigenvalue weighted by molar-refractivity contribution is 8.03. The Morgan fingerprint density at radius 3 is 2.85 bits per heavy atom. The number of thioether (sulfide) groups is 1. The molecule has 0 spiro atoms. The lowest BCUT2D eigenvalue weighted by molar-refractivity contribution is 0.793. The average Bonchev–Trinajstić information content (AvgIpc) is 2.53. The zero-order valence-electron chi connectivity index (χ0n) is 11.6. The molecule has 1 aliphatic carbocycles. The zero-order valence-corrected chi connectivity index (χ0v) is 12.5. The Balaban J connectivity index is 1.87. The van der Waals surface area contributed by atoms with Gasteiger partial charge in [0.05, 0.1) is 5.70 Å². The Kier molecular flexibility index (Phi) is 3.27. The quantitative estimate of drug-likeness (QED) is 0.699. The van der Waals surface area contributed by atoms with E-state index in [4.69, 9.17) is 4.99 Å². The molecule has 0 bridgehead atoms. The van der Waals surface area contributed by atoms with Gasteiger partial charge in [-0.2, -0.15) is 0 Å². The normalized spacial score (nSPS) is 25.5. The van der Waals surface area contributed by atoms with E-state index in [-0.39, 0.29) is 0 Å². The number of aliphatic imine (C=N–C) groups is 1. The average molecular weight is 281 g/mol. The Labute approximate surface area is 124 Å². The van der Waals surface area contributed by atoms with Gasteiger partial charge < -0.3 is 0 Å². The second-order valence-electron chi connectivity index (χ2n) is 5.72. The first-order valence-electron chi connectivity index (χ1n) is 7.62. The Hall–Kier alpha value is -1.28. The molecule has 3 aliphatic rings. The second-order valence-corrected chi connectivity index (χ2v) is 6.85. The van der Waals surface area contributed by atoms with Crippen LogP contribution in [0.2, 0.25) is 0 Å². The molecule has 2 heterocycles. The maximum Gasteiger partial charge on any atom is 0.0511 e. The van der Waals surface area contributed by atoms with Crippen molar-refractivity contribution in [1.82, 2.24) is 0 Å². The third kappa shape index (κ3) is 2.07. The number of allylic oxidation sites excluding steroid dienone is 4. The van der Waals surface area contributed by atoms with Crippen molar-refractivity contribution >= 4 is 17.5 Å². The van der Waals surface area contributed by atoms with Crippen LogP contribution in [0.25, 0.3) is 0 Å². The first-order chi connectivity index (χ1) is 9.93. The molecule has 1 unspecified atom stereocenters. The molecule has 0 aromatic heterocycles. The lowest BCUT2D eigenvalue weighted by Crippen LogP contribution is -2.22. The van der Waals surface area contributed by atoms with Gasteiger partial charge in [0.15, 0.2) is 0 Å². The molecule has 4 rings (SSSR count). The zero-order chi connectivity index (χ0) is 13.4. The van der Waals surface area contributed by atoms with Crippen LogP contribution in [-0.2, 0) is 0 Å². The Bertz CT molecular complexity index is 610. The summed E-state index contributed by atoms with van der Waals surface area (Å²) in [5, 5.41) is 0. The fourth-order valence-electron chi connectivity index (χ4n) is 3.46. The molecule has 102 valence electrons. The molecule has 0 saturated heterocycles. The molecule has 1 atom stereocenters. The van der Waals surface area contributed by atoms with Crippen molar-refractivity contribution in [2.45, 2.75) is 38.0 Å². The summed E-state index contributed by atoms with van der Waals surface area (Å²) in [6.07, 6.45) is 8.53. The van der Waals surface area contributed by atoms with E-state index >= 15 is 0 Å². The summed E-state index contributed by atoms with van der Waals surface area (Å²) in [7, 11) is 0. The number of hydrogen-bond acceptors (Lipinski definition) is 2. The van der Waals surface area contributed by atoms with E-state index < -0.39 is 0 Å². The molecule has 1 nitrogen and oxygen atoms in total. The lowest BCUT2D eigenvalue weighted by Gasteiger charge is -2.34. The first kappa shape index (κ1) is 12.5. The molecular formula is C18H19NS. The van der Waals surface area contributed by atoms with Gasteiger partial charge in [-0.25, -0.2) is 0 Å². The van der Waals surface area contributed by atoms with Crippen LogP contribution in [0.5, 0.6) is 0 Å². The van der Waals surface area contributed by atoms with Gasteiger partial charge in [-0.1, -0.05) is 36.4 Å². The molecule has 20 heavy (non-hydrogen) atoms. The van der Waals surface area contributed by atoms with Crippen LogP contribution in [0.1, 0.15) is 43.6 Å². The fraction of sp³-hybridized carbons (Fsp3) is 0.389. The lowest BCUT2D eigenvalue weighted by atomic mass is 9.80. The number of benzene rings is 1. The van der Waals surface area contributed by atoms with E-state index in [0.717, 1.165) is 6.42 Å². The predicted octanol–water partition coefficient (Wildman–Crippen LogP) is 5.07. The van der Waals surface area contributed by atoms with E-state index in [9.17, 15) is 0 Å². The summed E-state index contributed by atoms with van der Waals surface area (Å²) in [6, 6.07) is 11.0. The van der Waals surface area contributed by atoms with Crippen molar-refractivity contribution in [1.29, 1.82) is 0 Å². The van der Waals surface area contributed by atoms with Crippen LogP contribution in [0.3, 0.4) is 0 Å². The molecule has 2 aliphatic heterocycles. The summed E-state index contributed by atoms with van der Waals surface area (Å²) in [5.41, 5.74) is 5.68. The van der Waals surface area contributed by atoms with Crippen LogP contribution in [0.4, 0.5) is 0 Å². The molecule has 0 N–H and O–H groups in total. The van der Waals surface area contributed by atoms with Crippen LogP contribution in [-0.4, -0.2) is 11.5 Å². The van der Waals surface area contributed by atoms with Crippen molar-refractivity contribution < 1.29 is 0 Å². The summed E-state index contributed by atoms with van der Waals surface area (Å²) >= 11 is 2.04. The number of nitrogens with zero attached hydrogens (tertiary/aromatic N) is 1. The van der Waals surface area contributed by atoms with Crippen LogP contribution in [0.15, 0.2) is 57.6 Å². The summed E-state index contributed by atoms with van der Waals surface area (Å²) in [6.45, 7) is 0. The van der Waals surface area contributed by atoms with Gasteiger partial charge in [0, 0.05) is 16.5 Å². The van der Waals surface area contributed by atoms with Crippen LogP contribution >= 0.6 is 11.8 Å². The van der Waals surface area contributed by atoms with E-state index in [0.29, 0.717) is 5.92 Å². The SMILES string of the molecule is C1=C2C(=NC3=C(SCCC3)C2c2ccccc2)CCC1. The van der Waals surface area contributed by atoms with Gasteiger partial charge in [-0.05, 0) is 49.0 Å². The number of hydrogen-bond donors (Lipinski definition) is 0. The first-order valence-corrected chi connectivity index (χ1v) is 8.61. The molecule has 1 aromatic rings. The predicted molar refractivity (Wildman–Crippen MR) is 87.3 cm³/mol. The molecule has 0 amide bonds. The van der Waals surface area contributed by atoms with E-state index in [1.165, 1.54) is 58.9 Å². The van der Waals surface area contributed by atoms with Crippen molar-refractivity contribution in [3.8, 4) is 0 Å². The van der Waals surface area contributed by atoms with E-state index in [1.807, 2.05) is 11.8 Å².